The van der Waals surface area contributed by atoms with Crippen LogP contribution in [0.1, 0.15) is 29.0 Å². The molecule has 1 aromatic heterocycles. The van der Waals surface area contributed by atoms with E-state index in [1.807, 2.05) is 0 Å². The van der Waals surface area contributed by atoms with Crippen LogP contribution < -0.4 is 5.73 Å². The van der Waals surface area contributed by atoms with E-state index in [1.165, 1.54) is 0 Å². The highest BCUT2D eigenvalue weighted by Crippen LogP contribution is 2.18. The second-order valence-corrected chi connectivity index (χ2v) is 2.73. The number of aromatic nitrogens is 2. The van der Waals surface area contributed by atoms with E-state index in [1.54, 1.807) is 0 Å². The molecule has 4 nitrogen and oxygen atoms in total. The normalized spacial score (nSPS) is 16.5. The van der Waals surface area contributed by atoms with Crippen molar-refractivity contribution in [2.24, 2.45) is 0 Å². The summed E-state index contributed by atoms with van der Waals surface area (Å²) in [5, 5.41) is 0. The van der Waals surface area contributed by atoms with Crippen LogP contribution in [0, 0.1) is 0 Å². The van der Waals surface area contributed by atoms with Gasteiger partial charge in [-0.05, 0) is 12.8 Å². The molecule has 0 radical (unpaired) electrons. The van der Waals surface area contributed by atoms with Crippen molar-refractivity contribution in [3.05, 3.63) is 11.4 Å². The van der Waals surface area contributed by atoms with Gasteiger partial charge in [0.1, 0.15) is 5.69 Å². The van der Waals surface area contributed by atoms with Crippen molar-refractivity contribution in [2.45, 2.75) is 19.3 Å². The molecule has 0 saturated carbocycles. The number of nitrogen functional groups attached to an aromatic ring is 1. The van der Waals surface area contributed by atoms with Gasteiger partial charge in [0, 0.05) is 12.1 Å². The summed E-state index contributed by atoms with van der Waals surface area (Å²) in [5.74, 6) is 0.462. The molecule has 58 valence electrons. The van der Waals surface area contributed by atoms with Crippen LogP contribution in [0.15, 0.2) is 0 Å². The van der Waals surface area contributed by atoms with Crippen molar-refractivity contribution < 1.29 is 4.79 Å². The first-order valence-electron chi connectivity index (χ1n) is 3.65. The van der Waals surface area contributed by atoms with Crippen LogP contribution in [-0.4, -0.2) is 15.8 Å². The molecule has 0 aliphatic heterocycles. The maximum atomic E-state index is 11.2. The Kier molecular flexibility index (Phi) is 1.21. The largest absolute Gasteiger partial charge is 0.369 e. The summed E-state index contributed by atoms with van der Waals surface area (Å²) in [6, 6.07) is 0. The number of imidazole rings is 1. The second-order valence-electron chi connectivity index (χ2n) is 2.73. The number of anilines is 1. The van der Waals surface area contributed by atoms with Gasteiger partial charge < -0.3 is 10.7 Å². The number of aryl methyl sites for hydroxylation is 1. The molecule has 1 aliphatic carbocycles. The fraction of sp³-hybridized carbons (Fsp3) is 0.429. The van der Waals surface area contributed by atoms with Gasteiger partial charge in [0.2, 0.25) is 0 Å². The summed E-state index contributed by atoms with van der Waals surface area (Å²) in [6.45, 7) is 0. The number of carbonyl (C=O) groups excluding carboxylic acids is 1. The van der Waals surface area contributed by atoms with Crippen molar-refractivity contribution in [3.8, 4) is 0 Å². The summed E-state index contributed by atoms with van der Waals surface area (Å²) >= 11 is 0. The maximum Gasteiger partial charge on any atom is 0.198 e. The number of rotatable bonds is 0. The Morgan fingerprint density at radius 2 is 2.27 bits per heavy atom. The molecule has 3 N–H and O–H groups in total. The molecule has 0 fully saturated rings. The van der Waals surface area contributed by atoms with E-state index in [-0.39, 0.29) is 5.78 Å². The first-order valence-corrected chi connectivity index (χ1v) is 3.65. The number of ketones is 1. The smallest absolute Gasteiger partial charge is 0.198 e. The minimum absolute atomic E-state index is 0.110. The van der Waals surface area contributed by atoms with Crippen molar-refractivity contribution in [3.63, 3.8) is 0 Å². The van der Waals surface area contributed by atoms with E-state index in [9.17, 15) is 4.79 Å². The van der Waals surface area contributed by atoms with Gasteiger partial charge in [-0.3, -0.25) is 4.79 Å². The van der Waals surface area contributed by atoms with Gasteiger partial charge >= 0.3 is 0 Å². The van der Waals surface area contributed by atoms with E-state index in [2.05, 4.69) is 9.97 Å². The molecule has 1 aromatic rings. The molecular formula is C7H9N3O. The number of nitrogens with two attached hydrogens (primary N) is 1. The zero-order valence-corrected chi connectivity index (χ0v) is 6.05. The van der Waals surface area contributed by atoms with Gasteiger partial charge in [-0.2, -0.15) is 0 Å². The third-order valence-electron chi connectivity index (χ3n) is 1.89. The van der Waals surface area contributed by atoms with Crippen molar-refractivity contribution in [2.75, 3.05) is 5.73 Å². The number of fused-ring (bicyclic) bond motifs is 1. The summed E-state index contributed by atoms with van der Waals surface area (Å²) in [6.07, 6.45) is 2.41. The summed E-state index contributed by atoms with van der Waals surface area (Å²) in [4.78, 5) is 17.9. The lowest BCUT2D eigenvalue weighted by molar-refractivity contribution is 0.0968. The number of carbonyl (C=O) groups is 1. The fourth-order valence-corrected chi connectivity index (χ4v) is 1.39. The third kappa shape index (κ3) is 0.906. The summed E-state index contributed by atoms with van der Waals surface area (Å²) < 4.78 is 0. The Labute approximate surface area is 63.8 Å². The van der Waals surface area contributed by atoms with Gasteiger partial charge in [0.05, 0.1) is 0 Å². The number of nitrogens with zero attached hydrogens (tertiary/aromatic N) is 1. The van der Waals surface area contributed by atoms with Gasteiger partial charge in [-0.1, -0.05) is 0 Å². The third-order valence-corrected chi connectivity index (χ3v) is 1.89. The van der Waals surface area contributed by atoms with Gasteiger partial charge in [0.25, 0.3) is 0 Å². The SMILES string of the molecule is Nc1nc2c([nH]1)CCCC2=O. The maximum absolute atomic E-state index is 11.2. The van der Waals surface area contributed by atoms with E-state index >= 15 is 0 Å². The molecule has 0 amide bonds. The second kappa shape index (κ2) is 2.08. The lowest BCUT2D eigenvalue weighted by atomic mass is 10.0. The molecule has 0 aromatic carbocycles. The van der Waals surface area contributed by atoms with Gasteiger partial charge in [0.15, 0.2) is 11.7 Å². The Balaban J connectivity index is 2.52. The average molecular weight is 151 g/mol. The van der Waals surface area contributed by atoms with E-state index in [0.717, 1.165) is 18.5 Å². The quantitative estimate of drug-likeness (QED) is 0.567. The van der Waals surface area contributed by atoms with E-state index in [4.69, 9.17) is 5.73 Å². The van der Waals surface area contributed by atoms with Crippen LogP contribution in [0.5, 0.6) is 0 Å². The Hall–Kier alpha value is -1.32. The molecular weight excluding hydrogens is 142 g/mol. The first-order chi connectivity index (χ1) is 5.27. The van der Waals surface area contributed by atoms with Crippen molar-refractivity contribution in [1.29, 1.82) is 0 Å². The lowest BCUT2D eigenvalue weighted by Crippen LogP contribution is -2.09. The molecule has 2 rings (SSSR count). The predicted molar refractivity (Wildman–Crippen MR) is 40.3 cm³/mol. The van der Waals surface area contributed by atoms with Crippen LogP contribution in [-0.2, 0) is 6.42 Å². The van der Waals surface area contributed by atoms with E-state index < -0.39 is 0 Å². The van der Waals surface area contributed by atoms with E-state index in [0.29, 0.717) is 18.1 Å². The highest BCUT2D eigenvalue weighted by atomic mass is 16.1. The summed E-state index contributed by atoms with van der Waals surface area (Å²) in [7, 11) is 0. The van der Waals surface area contributed by atoms with Crippen LogP contribution in [0.2, 0.25) is 0 Å². The number of H-pyrrole nitrogens is 1. The van der Waals surface area contributed by atoms with Crippen LogP contribution in [0.25, 0.3) is 0 Å². The molecule has 0 spiro atoms. The standard InChI is InChI=1S/C7H9N3O/c8-7-9-4-2-1-3-5(11)6(4)10-7/h1-3H2,(H3,8,9,10). The molecule has 1 aliphatic rings. The summed E-state index contributed by atoms with van der Waals surface area (Å²) in [5.41, 5.74) is 6.85. The van der Waals surface area contributed by atoms with Crippen molar-refractivity contribution >= 4 is 11.7 Å². The molecule has 1 heterocycles. The van der Waals surface area contributed by atoms with Crippen LogP contribution >= 0.6 is 0 Å². The zero-order valence-electron chi connectivity index (χ0n) is 6.05. The Bertz CT molecular complexity index is 303. The highest BCUT2D eigenvalue weighted by Gasteiger charge is 2.20. The minimum Gasteiger partial charge on any atom is -0.369 e. The lowest BCUT2D eigenvalue weighted by Gasteiger charge is -2.06. The zero-order chi connectivity index (χ0) is 7.84. The van der Waals surface area contributed by atoms with Crippen molar-refractivity contribution in [1.82, 2.24) is 9.97 Å². The average Bonchev–Trinajstić information content (AvgIpc) is 2.31. The number of aromatic amines is 1. The fourth-order valence-electron chi connectivity index (χ4n) is 1.39. The van der Waals surface area contributed by atoms with Gasteiger partial charge in [-0.15, -0.1) is 0 Å². The minimum atomic E-state index is 0.110. The van der Waals surface area contributed by atoms with Crippen LogP contribution in [0.3, 0.4) is 0 Å². The molecule has 0 saturated heterocycles. The number of Topliss-reactive ketones (excluding diaryl/α,β-unsaturated/α-hetero) is 1. The number of hydrogen-bond acceptors (Lipinski definition) is 3. The Morgan fingerprint density at radius 1 is 1.45 bits per heavy atom. The molecule has 11 heavy (non-hydrogen) atoms. The Morgan fingerprint density at radius 3 is 3.00 bits per heavy atom. The first kappa shape index (κ1) is 6.39. The van der Waals surface area contributed by atoms with Crippen LogP contribution in [0.4, 0.5) is 5.95 Å². The molecule has 4 heteroatoms. The molecule has 0 unspecified atom stereocenters. The number of nitrogens with one attached hydrogen (secondary N) is 1. The number of hydrogen-bond donors (Lipinski definition) is 2. The topological polar surface area (TPSA) is 71.8 Å². The predicted octanol–water partition coefficient (Wildman–Crippen LogP) is 0.511. The van der Waals surface area contributed by atoms with Gasteiger partial charge in [-0.25, -0.2) is 4.98 Å². The molecule has 0 bridgehead atoms. The highest BCUT2D eigenvalue weighted by molar-refractivity contribution is 5.96. The monoisotopic (exact) mass is 151 g/mol. The molecule has 0 atom stereocenters.